The molecule has 3 rings (SSSR count). The fourth-order valence-corrected chi connectivity index (χ4v) is 2.61. The minimum absolute atomic E-state index is 0.333. The molecule has 0 saturated carbocycles. The van der Waals surface area contributed by atoms with E-state index in [-0.39, 0.29) is 6.04 Å². The Hall–Kier alpha value is -2.26. The zero-order valence-electron chi connectivity index (χ0n) is 11.4. The normalized spacial score (nSPS) is 12.5. The molecule has 0 bridgehead atoms. The molecule has 0 aliphatic carbocycles. The maximum absolute atomic E-state index is 13.7. The summed E-state index contributed by atoms with van der Waals surface area (Å²) in [7, 11) is 0. The molecule has 3 heteroatoms. The summed E-state index contributed by atoms with van der Waals surface area (Å²) in [6, 6.07) is 17.1. The van der Waals surface area contributed by atoms with Crippen LogP contribution in [0.2, 0.25) is 0 Å². The first-order valence-corrected chi connectivity index (χ1v) is 6.82. The summed E-state index contributed by atoms with van der Waals surface area (Å²) < 4.78 is 26.7. The van der Waals surface area contributed by atoms with Gasteiger partial charge in [-0.05, 0) is 34.4 Å². The predicted octanol–water partition coefficient (Wildman–Crippen LogP) is 4.36. The Morgan fingerprint density at radius 2 is 1.67 bits per heavy atom. The van der Waals surface area contributed by atoms with E-state index < -0.39 is 11.6 Å². The highest BCUT2D eigenvalue weighted by Gasteiger charge is 2.13. The molecule has 2 N–H and O–H groups in total. The molecular formula is C18H15F2N. The van der Waals surface area contributed by atoms with Gasteiger partial charge in [0.15, 0.2) is 0 Å². The van der Waals surface area contributed by atoms with Gasteiger partial charge in [0, 0.05) is 12.1 Å². The zero-order chi connectivity index (χ0) is 14.8. The number of hydrogen-bond donors (Lipinski definition) is 1. The lowest BCUT2D eigenvalue weighted by Crippen LogP contribution is -2.14. The molecule has 0 aliphatic heterocycles. The van der Waals surface area contributed by atoms with Crippen LogP contribution in [-0.2, 0) is 6.42 Å². The maximum Gasteiger partial charge on any atom is 0.129 e. The molecule has 3 aromatic carbocycles. The molecule has 3 aromatic rings. The zero-order valence-corrected chi connectivity index (χ0v) is 11.4. The maximum atomic E-state index is 13.7. The molecule has 0 aliphatic rings. The Kier molecular flexibility index (Phi) is 3.67. The fraction of sp³-hybridized carbons (Fsp3) is 0.111. The second-order valence-corrected chi connectivity index (χ2v) is 5.11. The molecule has 0 heterocycles. The first kappa shape index (κ1) is 13.7. The fourth-order valence-electron chi connectivity index (χ4n) is 2.61. The van der Waals surface area contributed by atoms with E-state index in [1.54, 1.807) is 0 Å². The number of halogens is 2. The summed E-state index contributed by atoms with van der Waals surface area (Å²) in [5.74, 6) is -1.12. The monoisotopic (exact) mass is 283 g/mol. The van der Waals surface area contributed by atoms with Gasteiger partial charge >= 0.3 is 0 Å². The van der Waals surface area contributed by atoms with Gasteiger partial charge in [-0.1, -0.05) is 48.5 Å². The Morgan fingerprint density at radius 1 is 0.905 bits per heavy atom. The summed E-state index contributed by atoms with van der Waals surface area (Å²) in [5, 5.41) is 2.17. The van der Waals surface area contributed by atoms with E-state index in [1.807, 2.05) is 42.5 Å². The standard InChI is InChI=1S/C18H15F2N/c19-14-9-8-13(17(20)11-14)10-18(21)16-7-3-5-12-4-1-2-6-15(12)16/h1-9,11,18H,10,21H2. The number of benzene rings is 3. The smallest absolute Gasteiger partial charge is 0.129 e. The first-order valence-electron chi connectivity index (χ1n) is 6.82. The lowest BCUT2D eigenvalue weighted by molar-refractivity contribution is 0.563. The Bertz CT molecular complexity index is 778. The van der Waals surface area contributed by atoms with Crippen LogP contribution in [0.1, 0.15) is 17.2 Å². The molecule has 0 spiro atoms. The Labute approximate surface area is 122 Å². The Balaban J connectivity index is 1.95. The highest BCUT2D eigenvalue weighted by Crippen LogP contribution is 2.26. The molecule has 0 amide bonds. The van der Waals surface area contributed by atoms with Crippen LogP contribution < -0.4 is 5.73 Å². The van der Waals surface area contributed by atoms with Crippen LogP contribution >= 0.6 is 0 Å². The molecule has 106 valence electrons. The lowest BCUT2D eigenvalue weighted by atomic mass is 9.94. The highest BCUT2D eigenvalue weighted by molar-refractivity contribution is 5.86. The van der Waals surface area contributed by atoms with Crippen molar-refractivity contribution in [2.24, 2.45) is 5.73 Å². The summed E-state index contributed by atoms with van der Waals surface area (Å²) in [6.45, 7) is 0. The predicted molar refractivity (Wildman–Crippen MR) is 80.9 cm³/mol. The third-order valence-corrected chi connectivity index (χ3v) is 3.68. The largest absolute Gasteiger partial charge is 0.324 e. The molecular weight excluding hydrogens is 268 g/mol. The van der Waals surface area contributed by atoms with Crippen LogP contribution in [0.25, 0.3) is 10.8 Å². The van der Waals surface area contributed by atoms with Crippen LogP contribution in [0.15, 0.2) is 60.7 Å². The van der Waals surface area contributed by atoms with E-state index in [1.165, 1.54) is 12.1 Å². The van der Waals surface area contributed by atoms with Gasteiger partial charge in [-0.3, -0.25) is 0 Å². The molecule has 0 fully saturated rings. The summed E-state index contributed by atoms with van der Waals surface area (Å²) in [6.07, 6.45) is 0.333. The average Bonchev–Trinajstić information content (AvgIpc) is 2.49. The van der Waals surface area contributed by atoms with Crippen LogP contribution in [0.4, 0.5) is 8.78 Å². The topological polar surface area (TPSA) is 26.0 Å². The molecule has 1 unspecified atom stereocenters. The van der Waals surface area contributed by atoms with E-state index in [0.717, 1.165) is 22.4 Å². The first-order chi connectivity index (χ1) is 10.1. The molecule has 21 heavy (non-hydrogen) atoms. The van der Waals surface area contributed by atoms with Crippen molar-refractivity contribution in [3.8, 4) is 0 Å². The Morgan fingerprint density at radius 3 is 2.48 bits per heavy atom. The number of fused-ring (bicyclic) bond motifs is 1. The molecule has 0 aromatic heterocycles. The van der Waals surface area contributed by atoms with Gasteiger partial charge in [0.05, 0.1) is 0 Å². The number of nitrogens with two attached hydrogens (primary N) is 1. The molecule has 1 nitrogen and oxygen atoms in total. The highest BCUT2D eigenvalue weighted by atomic mass is 19.1. The van der Waals surface area contributed by atoms with E-state index in [4.69, 9.17) is 5.73 Å². The van der Waals surface area contributed by atoms with E-state index in [9.17, 15) is 8.78 Å². The molecule has 0 saturated heterocycles. The van der Waals surface area contributed by atoms with E-state index in [0.29, 0.717) is 12.0 Å². The van der Waals surface area contributed by atoms with Crippen LogP contribution in [0.5, 0.6) is 0 Å². The van der Waals surface area contributed by atoms with Gasteiger partial charge in [-0.15, -0.1) is 0 Å². The quantitative estimate of drug-likeness (QED) is 0.759. The molecule has 0 radical (unpaired) electrons. The van der Waals surface area contributed by atoms with Crippen molar-refractivity contribution in [3.05, 3.63) is 83.4 Å². The van der Waals surface area contributed by atoms with Crippen molar-refractivity contribution in [3.63, 3.8) is 0 Å². The number of hydrogen-bond acceptors (Lipinski definition) is 1. The third kappa shape index (κ3) is 2.78. The van der Waals surface area contributed by atoms with Gasteiger partial charge in [-0.2, -0.15) is 0 Å². The average molecular weight is 283 g/mol. The number of rotatable bonds is 3. The van der Waals surface area contributed by atoms with Crippen molar-refractivity contribution >= 4 is 10.8 Å². The van der Waals surface area contributed by atoms with Crippen molar-refractivity contribution in [2.75, 3.05) is 0 Å². The summed E-state index contributed by atoms with van der Waals surface area (Å²) in [4.78, 5) is 0. The summed E-state index contributed by atoms with van der Waals surface area (Å²) >= 11 is 0. The SMILES string of the molecule is NC(Cc1ccc(F)cc1F)c1cccc2ccccc12. The van der Waals surface area contributed by atoms with E-state index in [2.05, 4.69) is 0 Å². The van der Waals surface area contributed by atoms with Gasteiger partial charge in [0.25, 0.3) is 0 Å². The van der Waals surface area contributed by atoms with Crippen molar-refractivity contribution in [1.29, 1.82) is 0 Å². The molecule has 1 atom stereocenters. The second-order valence-electron chi connectivity index (χ2n) is 5.11. The van der Waals surface area contributed by atoms with Gasteiger partial charge < -0.3 is 5.73 Å². The van der Waals surface area contributed by atoms with Crippen molar-refractivity contribution in [2.45, 2.75) is 12.5 Å². The summed E-state index contributed by atoms with van der Waals surface area (Å²) in [5.41, 5.74) is 7.64. The third-order valence-electron chi connectivity index (χ3n) is 3.68. The van der Waals surface area contributed by atoms with Gasteiger partial charge in [0.2, 0.25) is 0 Å². The lowest BCUT2D eigenvalue weighted by Gasteiger charge is -2.15. The van der Waals surface area contributed by atoms with Crippen molar-refractivity contribution in [1.82, 2.24) is 0 Å². The minimum atomic E-state index is -0.574. The van der Waals surface area contributed by atoms with Crippen molar-refractivity contribution < 1.29 is 8.78 Å². The van der Waals surface area contributed by atoms with Crippen LogP contribution in [0.3, 0.4) is 0 Å². The van der Waals surface area contributed by atoms with Gasteiger partial charge in [0.1, 0.15) is 11.6 Å². The van der Waals surface area contributed by atoms with E-state index >= 15 is 0 Å². The second kappa shape index (κ2) is 5.62. The van der Waals surface area contributed by atoms with Crippen LogP contribution in [0, 0.1) is 11.6 Å². The minimum Gasteiger partial charge on any atom is -0.324 e. The van der Waals surface area contributed by atoms with Gasteiger partial charge in [-0.25, -0.2) is 8.78 Å². The van der Waals surface area contributed by atoms with Crippen LogP contribution in [-0.4, -0.2) is 0 Å².